The summed E-state index contributed by atoms with van der Waals surface area (Å²) in [7, 11) is 0. The molecule has 80 valence electrons. The maximum atomic E-state index is 11.5. The van der Waals surface area contributed by atoms with Crippen molar-refractivity contribution >= 4 is 11.6 Å². The maximum absolute atomic E-state index is 11.5. The van der Waals surface area contributed by atoms with E-state index in [4.69, 9.17) is 0 Å². The van der Waals surface area contributed by atoms with Gasteiger partial charge in [0.1, 0.15) is 0 Å². The van der Waals surface area contributed by atoms with Gasteiger partial charge in [-0.25, -0.2) is 0 Å². The Hall–Kier alpha value is -1.51. The third-order valence-electron chi connectivity index (χ3n) is 2.91. The quantitative estimate of drug-likeness (QED) is 0.740. The summed E-state index contributed by atoms with van der Waals surface area (Å²) in [6, 6.07) is 7.88. The summed E-state index contributed by atoms with van der Waals surface area (Å²) in [5.41, 5.74) is 7.78. The molecule has 2 unspecified atom stereocenters. The van der Waals surface area contributed by atoms with Crippen LogP contribution in [0.1, 0.15) is 18.9 Å². The van der Waals surface area contributed by atoms with Crippen molar-refractivity contribution in [3.63, 3.8) is 0 Å². The lowest BCUT2D eigenvalue weighted by Gasteiger charge is -2.10. The Morgan fingerprint density at radius 2 is 2.07 bits per heavy atom. The van der Waals surface area contributed by atoms with E-state index in [-0.39, 0.29) is 11.8 Å². The van der Waals surface area contributed by atoms with Crippen LogP contribution in [-0.2, 0) is 4.79 Å². The van der Waals surface area contributed by atoms with E-state index in [1.165, 1.54) is 0 Å². The van der Waals surface area contributed by atoms with Crippen LogP contribution in [0.2, 0.25) is 0 Å². The number of rotatable bonds is 3. The van der Waals surface area contributed by atoms with Crippen LogP contribution in [0.25, 0.3) is 0 Å². The number of benzene rings is 1. The van der Waals surface area contributed by atoms with Gasteiger partial charge in [-0.05, 0) is 30.9 Å². The normalized spacial score (nSPS) is 23.3. The van der Waals surface area contributed by atoms with Gasteiger partial charge in [0.15, 0.2) is 0 Å². The van der Waals surface area contributed by atoms with Gasteiger partial charge in [-0.15, -0.1) is 0 Å². The van der Waals surface area contributed by atoms with Crippen molar-refractivity contribution in [2.24, 2.45) is 11.8 Å². The number of amides is 1. The first-order chi connectivity index (χ1) is 7.18. The first-order valence-electron chi connectivity index (χ1n) is 5.30. The minimum absolute atomic E-state index is 0.103. The average molecular weight is 204 g/mol. The molecule has 0 saturated heterocycles. The molecule has 15 heavy (non-hydrogen) atoms. The summed E-state index contributed by atoms with van der Waals surface area (Å²) in [6.07, 6.45) is 1.02. The molecule has 1 amide bonds. The molecule has 2 N–H and O–H groups in total. The minimum atomic E-state index is 0.103. The molecule has 1 saturated carbocycles. The fraction of sp³-hybridized carbons (Fsp3) is 0.417. The highest BCUT2D eigenvalue weighted by Crippen LogP contribution is 2.37. The summed E-state index contributed by atoms with van der Waals surface area (Å²) < 4.78 is 0. The van der Waals surface area contributed by atoms with E-state index in [2.05, 4.69) is 17.8 Å². The topological polar surface area (TPSA) is 41.1 Å². The molecule has 2 atom stereocenters. The molecular weight excluding hydrogens is 188 g/mol. The average Bonchev–Trinajstić information content (AvgIpc) is 2.94. The Balaban J connectivity index is 1.88. The largest absolute Gasteiger partial charge is 0.298 e. The Morgan fingerprint density at radius 1 is 1.40 bits per heavy atom. The molecule has 3 nitrogen and oxygen atoms in total. The lowest BCUT2D eigenvalue weighted by atomic mass is 10.2. The van der Waals surface area contributed by atoms with E-state index in [9.17, 15) is 4.79 Å². The van der Waals surface area contributed by atoms with E-state index in [1.807, 2.05) is 31.2 Å². The van der Waals surface area contributed by atoms with Crippen LogP contribution in [0, 0.1) is 18.8 Å². The monoisotopic (exact) mass is 204 g/mol. The van der Waals surface area contributed by atoms with Gasteiger partial charge in [0.2, 0.25) is 5.91 Å². The van der Waals surface area contributed by atoms with E-state index in [0.29, 0.717) is 5.92 Å². The van der Waals surface area contributed by atoms with Gasteiger partial charge >= 0.3 is 0 Å². The number of carbonyl (C=O) groups is 1. The Labute approximate surface area is 89.8 Å². The number of aryl methyl sites for hydroxylation is 1. The summed E-state index contributed by atoms with van der Waals surface area (Å²) in [6.45, 7) is 4.10. The van der Waals surface area contributed by atoms with Crippen molar-refractivity contribution in [1.29, 1.82) is 0 Å². The van der Waals surface area contributed by atoms with E-state index < -0.39 is 0 Å². The molecule has 0 heterocycles. The molecule has 1 fully saturated rings. The number of hydrazine groups is 1. The SMILES string of the molecule is Cc1ccccc1NNC(=O)C1CC1C. The first-order valence-corrected chi connectivity index (χ1v) is 5.30. The van der Waals surface area contributed by atoms with Crippen molar-refractivity contribution in [2.75, 3.05) is 5.43 Å². The number of hydrogen-bond donors (Lipinski definition) is 2. The standard InChI is InChI=1S/C12H16N2O/c1-8-5-3-4-6-11(8)13-14-12(15)10-7-9(10)2/h3-6,9-10,13H,7H2,1-2H3,(H,14,15). The van der Waals surface area contributed by atoms with Gasteiger partial charge in [0, 0.05) is 5.92 Å². The number of anilines is 1. The molecule has 1 aromatic carbocycles. The van der Waals surface area contributed by atoms with Gasteiger partial charge in [-0.1, -0.05) is 25.1 Å². The van der Waals surface area contributed by atoms with Crippen LogP contribution in [-0.4, -0.2) is 5.91 Å². The molecule has 0 spiro atoms. The highest BCUT2D eigenvalue weighted by atomic mass is 16.2. The zero-order chi connectivity index (χ0) is 10.8. The van der Waals surface area contributed by atoms with E-state index >= 15 is 0 Å². The van der Waals surface area contributed by atoms with E-state index in [0.717, 1.165) is 17.7 Å². The van der Waals surface area contributed by atoms with Gasteiger partial charge in [-0.2, -0.15) is 0 Å². The second-order valence-corrected chi connectivity index (χ2v) is 4.25. The summed E-state index contributed by atoms with van der Waals surface area (Å²) in [5, 5.41) is 0. The summed E-state index contributed by atoms with van der Waals surface area (Å²) in [5.74, 6) is 0.857. The fourth-order valence-corrected chi connectivity index (χ4v) is 1.62. The van der Waals surface area contributed by atoms with Crippen molar-refractivity contribution in [2.45, 2.75) is 20.3 Å². The lowest BCUT2D eigenvalue weighted by molar-refractivity contribution is -0.122. The van der Waals surface area contributed by atoms with Crippen molar-refractivity contribution in [1.82, 2.24) is 5.43 Å². The number of nitrogens with one attached hydrogen (secondary N) is 2. The minimum Gasteiger partial charge on any atom is -0.298 e. The predicted octanol–water partition coefficient (Wildman–Crippen LogP) is 2.09. The molecule has 2 rings (SSSR count). The highest BCUT2D eigenvalue weighted by Gasteiger charge is 2.39. The predicted molar refractivity (Wildman–Crippen MR) is 60.2 cm³/mol. The molecule has 0 bridgehead atoms. The third kappa shape index (κ3) is 2.29. The van der Waals surface area contributed by atoms with Crippen LogP contribution in [0.5, 0.6) is 0 Å². The molecule has 1 aromatic rings. The summed E-state index contributed by atoms with van der Waals surface area (Å²) in [4.78, 5) is 11.5. The van der Waals surface area contributed by atoms with Crippen molar-refractivity contribution < 1.29 is 4.79 Å². The Morgan fingerprint density at radius 3 is 2.67 bits per heavy atom. The van der Waals surface area contributed by atoms with Gasteiger partial charge < -0.3 is 0 Å². The molecule has 0 radical (unpaired) electrons. The first kappa shape index (κ1) is 10.0. The number of hydrogen-bond acceptors (Lipinski definition) is 2. The van der Waals surface area contributed by atoms with Gasteiger partial charge in [0.25, 0.3) is 0 Å². The van der Waals surface area contributed by atoms with Crippen LogP contribution in [0.4, 0.5) is 5.69 Å². The van der Waals surface area contributed by atoms with Crippen molar-refractivity contribution in [3.05, 3.63) is 29.8 Å². The highest BCUT2D eigenvalue weighted by molar-refractivity contribution is 5.82. The lowest BCUT2D eigenvalue weighted by Crippen LogP contribution is -2.31. The molecule has 1 aliphatic carbocycles. The fourth-order valence-electron chi connectivity index (χ4n) is 1.62. The molecule has 0 aromatic heterocycles. The number of para-hydroxylation sites is 1. The molecular formula is C12H16N2O. The Bertz CT molecular complexity index is 376. The second kappa shape index (κ2) is 3.93. The Kier molecular flexibility index (Phi) is 2.62. The third-order valence-corrected chi connectivity index (χ3v) is 2.91. The molecule has 0 aliphatic heterocycles. The van der Waals surface area contributed by atoms with Gasteiger partial charge in [-0.3, -0.25) is 15.6 Å². The smallest absolute Gasteiger partial charge is 0.241 e. The zero-order valence-electron chi connectivity index (χ0n) is 9.08. The van der Waals surface area contributed by atoms with Crippen LogP contribution < -0.4 is 10.9 Å². The maximum Gasteiger partial charge on any atom is 0.241 e. The molecule has 1 aliphatic rings. The number of carbonyl (C=O) groups excluding carboxylic acids is 1. The van der Waals surface area contributed by atoms with Crippen LogP contribution in [0.3, 0.4) is 0 Å². The van der Waals surface area contributed by atoms with Crippen molar-refractivity contribution in [3.8, 4) is 0 Å². The van der Waals surface area contributed by atoms with E-state index in [1.54, 1.807) is 0 Å². The second-order valence-electron chi connectivity index (χ2n) is 4.25. The summed E-state index contributed by atoms with van der Waals surface area (Å²) >= 11 is 0. The molecule has 3 heteroatoms. The van der Waals surface area contributed by atoms with Gasteiger partial charge in [0.05, 0.1) is 5.69 Å². The zero-order valence-corrected chi connectivity index (χ0v) is 9.08. The van der Waals surface area contributed by atoms with Crippen LogP contribution in [0.15, 0.2) is 24.3 Å². The van der Waals surface area contributed by atoms with Crippen LogP contribution >= 0.6 is 0 Å².